The average Bonchev–Trinajstić information content (AvgIpc) is 3.23. The van der Waals surface area contributed by atoms with Gasteiger partial charge in [0.25, 0.3) is 0 Å². The van der Waals surface area contributed by atoms with Crippen LogP contribution in [0.4, 0.5) is 5.82 Å². The van der Waals surface area contributed by atoms with Gasteiger partial charge >= 0.3 is 0 Å². The van der Waals surface area contributed by atoms with Gasteiger partial charge in [-0.1, -0.05) is 12.1 Å². The van der Waals surface area contributed by atoms with Crippen molar-refractivity contribution in [2.75, 3.05) is 17.6 Å². The molecule has 9 heteroatoms. The summed E-state index contributed by atoms with van der Waals surface area (Å²) in [5.41, 5.74) is 1.38. The molecule has 4 rings (SSSR count). The largest absolute Gasteiger partial charge is 0.496 e. The zero-order chi connectivity index (χ0) is 19.0. The SMILES string of the molecule is COc1cc(Cn2cccn2)cc2onc(NS(=O)(=O)CC(C)C3CC3)c12. The number of nitrogens with one attached hydrogen (secondary N) is 1. The molecule has 144 valence electrons. The minimum absolute atomic E-state index is 0.0751. The lowest BCUT2D eigenvalue weighted by atomic mass is 10.1. The van der Waals surface area contributed by atoms with Crippen LogP contribution in [0.3, 0.4) is 0 Å². The minimum Gasteiger partial charge on any atom is -0.496 e. The van der Waals surface area contributed by atoms with Crippen molar-refractivity contribution in [2.45, 2.75) is 26.3 Å². The van der Waals surface area contributed by atoms with E-state index < -0.39 is 10.0 Å². The first kappa shape index (κ1) is 17.8. The van der Waals surface area contributed by atoms with Crippen molar-refractivity contribution in [2.24, 2.45) is 11.8 Å². The van der Waals surface area contributed by atoms with E-state index >= 15 is 0 Å². The second-order valence-electron chi connectivity index (χ2n) is 7.10. The summed E-state index contributed by atoms with van der Waals surface area (Å²) in [4.78, 5) is 0. The van der Waals surface area contributed by atoms with Crippen molar-refractivity contribution < 1.29 is 17.7 Å². The van der Waals surface area contributed by atoms with E-state index in [2.05, 4.69) is 15.0 Å². The molecule has 1 N–H and O–H groups in total. The van der Waals surface area contributed by atoms with Gasteiger partial charge < -0.3 is 9.26 Å². The van der Waals surface area contributed by atoms with Crippen LogP contribution >= 0.6 is 0 Å². The number of hydrogen-bond donors (Lipinski definition) is 1. The lowest BCUT2D eigenvalue weighted by Crippen LogP contribution is -2.22. The predicted octanol–water partition coefficient (Wildman–Crippen LogP) is 2.87. The molecule has 1 saturated carbocycles. The van der Waals surface area contributed by atoms with Crippen LogP contribution in [0.15, 0.2) is 35.1 Å². The molecule has 27 heavy (non-hydrogen) atoms. The zero-order valence-electron chi connectivity index (χ0n) is 15.3. The molecule has 1 fully saturated rings. The fourth-order valence-electron chi connectivity index (χ4n) is 3.33. The highest BCUT2D eigenvalue weighted by atomic mass is 32.2. The van der Waals surface area contributed by atoms with Gasteiger partial charge in [0.2, 0.25) is 10.0 Å². The van der Waals surface area contributed by atoms with E-state index in [0.717, 1.165) is 18.4 Å². The molecule has 3 aromatic rings. The summed E-state index contributed by atoms with van der Waals surface area (Å²) in [5.74, 6) is 1.38. The van der Waals surface area contributed by atoms with E-state index in [1.807, 2.05) is 31.3 Å². The Balaban J connectivity index is 1.62. The van der Waals surface area contributed by atoms with Crippen LogP contribution in [0.2, 0.25) is 0 Å². The van der Waals surface area contributed by atoms with E-state index in [9.17, 15) is 8.42 Å². The van der Waals surface area contributed by atoms with E-state index in [0.29, 0.717) is 29.2 Å². The maximum atomic E-state index is 12.5. The van der Waals surface area contributed by atoms with Crippen LogP contribution in [0.5, 0.6) is 5.75 Å². The topological polar surface area (TPSA) is 99.2 Å². The Morgan fingerprint density at radius 3 is 2.89 bits per heavy atom. The number of aromatic nitrogens is 3. The van der Waals surface area contributed by atoms with Gasteiger partial charge in [-0.05, 0) is 48.4 Å². The third-order valence-corrected chi connectivity index (χ3v) is 6.35. The van der Waals surface area contributed by atoms with Crippen LogP contribution in [-0.2, 0) is 16.6 Å². The smallest absolute Gasteiger partial charge is 0.234 e. The molecule has 1 aliphatic carbocycles. The zero-order valence-corrected chi connectivity index (χ0v) is 16.1. The van der Waals surface area contributed by atoms with E-state index in [1.54, 1.807) is 10.9 Å². The Kier molecular flexibility index (Phi) is 4.55. The van der Waals surface area contributed by atoms with E-state index in [4.69, 9.17) is 9.26 Å². The first-order valence-electron chi connectivity index (χ1n) is 8.89. The van der Waals surface area contributed by atoms with Crippen molar-refractivity contribution in [3.8, 4) is 5.75 Å². The summed E-state index contributed by atoms with van der Waals surface area (Å²) in [7, 11) is -1.98. The van der Waals surface area contributed by atoms with Crippen molar-refractivity contribution in [1.29, 1.82) is 0 Å². The Morgan fingerprint density at radius 2 is 2.22 bits per heavy atom. The summed E-state index contributed by atoms with van der Waals surface area (Å²) in [6.07, 6.45) is 5.78. The number of methoxy groups -OCH3 is 1. The number of sulfonamides is 1. The van der Waals surface area contributed by atoms with Crippen LogP contribution in [0.25, 0.3) is 11.0 Å². The monoisotopic (exact) mass is 390 g/mol. The maximum Gasteiger partial charge on any atom is 0.234 e. The fraction of sp³-hybridized carbons (Fsp3) is 0.444. The van der Waals surface area contributed by atoms with Crippen molar-refractivity contribution in [3.63, 3.8) is 0 Å². The number of rotatable bonds is 8. The summed E-state index contributed by atoms with van der Waals surface area (Å²) in [6, 6.07) is 5.50. The van der Waals surface area contributed by atoms with Gasteiger partial charge in [0.15, 0.2) is 11.4 Å². The lowest BCUT2D eigenvalue weighted by molar-refractivity contribution is 0.418. The normalized spacial score (nSPS) is 15.8. The maximum absolute atomic E-state index is 12.5. The van der Waals surface area contributed by atoms with Gasteiger partial charge in [-0.15, -0.1) is 0 Å². The third-order valence-electron chi connectivity index (χ3n) is 4.88. The molecule has 1 unspecified atom stereocenters. The highest BCUT2D eigenvalue weighted by Gasteiger charge is 2.32. The highest BCUT2D eigenvalue weighted by molar-refractivity contribution is 7.92. The molecule has 2 heterocycles. The van der Waals surface area contributed by atoms with Crippen molar-refractivity contribution in [1.82, 2.24) is 14.9 Å². The van der Waals surface area contributed by atoms with Crippen LogP contribution in [-0.4, -0.2) is 36.2 Å². The molecule has 1 atom stereocenters. The van der Waals surface area contributed by atoms with Crippen LogP contribution < -0.4 is 9.46 Å². The van der Waals surface area contributed by atoms with Crippen molar-refractivity contribution >= 4 is 26.8 Å². The Hall–Kier alpha value is -2.55. The molecule has 2 aromatic heterocycles. The number of ether oxygens (including phenoxy) is 1. The number of hydrogen-bond acceptors (Lipinski definition) is 6. The van der Waals surface area contributed by atoms with Gasteiger partial charge in [-0.3, -0.25) is 9.40 Å². The average molecular weight is 390 g/mol. The summed E-state index contributed by atoms with van der Waals surface area (Å²) < 4.78 is 40.2. The standard InChI is InChI=1S/C18H22N4O4S/c1-12(14-4-5-14)11-27(23,24)21-18-17-15(25-2)8-13(9-16(17)26-20-18)10-22-7-3-6-19-22/h3,6-9,12,14H,4-5,10-11H2,1-2H3,(H,20,21). The molecule has 0 bridgehead atoms. The summed E-state index contributed by atoms with van der Waals surface area (Å²) in [6.45, 7) is 2.51. The number of fused-ring (bicyclic) bond motifs is 1. The van der Waals surface area contributed by atoms with E-state index in [1.165, 1.54) is 7.11 Å². The molecule has 0 aliphatic heterocycles. The molecule has 0 radical (unpaired) electrons. The first-order chi connectivity index (χ1) is 12.9. The molecule has 8 nitrogen and oxygen atoms in total. The second kappa shape index (κ2) is 6.88. The second-order valence-corrected chi connectivity index (χ2v) is 8.87. The molecule has 0 amide bonds. The molecular weight excluding hydrogens is 368 g/mol. The molecule has 1 aliphatic rings. The molecule has 1 aromatic carbocycles. The number of benzene rings is 1. The molecular formula is C18H22N4O4S. The summed E-state index contributed by atoms with van der Waals surface area (Å²) >= 11 is 0. The van der Waals surface area contributed by atoms with Gasteiger partial charge in [0.1, 0.15) is 11.1 Å². The van der Waals surface area contributed by atoms with Gasteiger partial charge in [0.05, 0.1) is 19.4 Å². The quantitative estimate of drug-likeness (QED) is 0.635. The van der Waals surface area contributed by atoms with Crippen LogP contribution in [0.1, 0.15) is 25.3 Å². The summed E-state index contributed by atoms with van der Waals surface area (Å²) in [5, 5.41) is 8.63. The number of anilines is 1. The predicted molar refractivity (Wildman–Crippen MR) is 101 cm³/mol. The molecule has 0 saturated heterocycles. The van der Waals surface area contributed by atoms with Crippen LogP contribution in [0, 0.1) is 11.8 Å². The van der Waals surface area contributed by atoms with Crippen molar-refractivity contribution in [3.05, 3.63) is 36.2 Å². The fourth-order valence-corrected chi connectivity index (χ4v) is 4.81. The Morgan fingerprint density at radius 1 is 1.41 bits per heavy atom. The third kappa shape index (κ3) is 3.92. The van der Waals surface area contributed by atoms with E-state index in [-0.39, 0.29) is 17.5 Å². The van der Waals surface area contributed by atoms with Gasteiger partial charge in [-0.2, -0.15) is 5.10 Å². The lowest BCUT2D eigenvalue weighted by Gasteiger charge is -2.12. The number of nitrogens with zero attached hydrogens (tertiary/aromatic N) is 3. The first-order valence-corrected chi connectivity index (χ1v) is 10.5. The van der Waals surface area contributed by atoms with Gasteiger partial charge in [0, 0.05) is 12.4 Å². The Bertz CT molecular complexity index is 1040. The molecule has 0 spiro atoms. The minimum atomic E-state index is -3.52. The Labute approximate surface area is 157 Å². The highest BCUT2D eigenvalue weighted by Crippen LogP contribution is 2.38. The van der Waals surface area contributed by atoms with Gasteiger partial charge in [-0.25, -0.2) is 8.42 Å².